The van der Waals surface area contributed by atoms with E-state index in [1.54, 1.807) is 0 Å². The maximum Gasteiger partial charge on any atom is 0.143 e. The van der Waals surface area contributed by atoms with Gasteiger partial charge in [-0.2, -0.15) is 0 Å². The standard InChI is InChI=1S/C46H27NO/c1-3-13-41-36(9-1)40-27-32(35-11-6-12-39-37-10-2-4-14-43(37)48-46(35)39)21-26-42(40)47(41)33-22-17-28(18-23-33)34-24-19-31-16-15-29-7-5-8-30-20-25-38(34)45(31)44(29)30/h1-27H. The van der Waals surface area contributed by atoms with Gasteiger partial charge in [0.05, 0.1) is 11.0 Å². The summed E-state index contributed by atoms with van der Waals surface area (Å²) in [5, 5.41) is 12.6. The van der Waals surface area contributed by atoms with E-state index in [1.165, 1.54) is 65.3 Å². The van der Waals surface area contributed by atoms with Crippen molar-refractivity contribution in [2.45, 2.75) is 0 Å². The maximum atomic E-state index is 6.41. The number of hydrogen-bond acceptors (Lipinski definition) is 1. The summed E-state index contributed by atoms with van der Waals surface area (Å²) in [6, 6.07) is 59.6. The van der Waals surface area contributed by atoms with E-state index in [4.69, 9.17) is 4.42 Å². The highest BCUT2D eigenvalue weighted by atomic mass is 16.3. The van der Waals surface area contributed by atoms with E-state index in [2.05, 4.69) is 156 Å². The van der Waals surface area contributed by atoms with Gasteiger partial charge in [0.1, 0.15) is 11.2 Å². The largest absolute Gasteiger partial charge is 0.455 e. The van der Waals surface area contributed by atoms with Crippen LogP contribution in [0.4, 0.5) is 0 Å². The van der Waals surface area contributed by atoms with Gasteiger partial charge in [-0.3, -0.25) is 0 Å². The third-order valence-electron chi connectivity index (χ3n) is 10.4. The molecule has 0 saturated heterocycles. The van der Waals surface area contributed by atoms with Gasteiger partial charge in [-0.15, -0.1) is 0 Å². The highest BCUT2D eigenvalue weighted by Gasteiger charge is 2.17. The molecule has 0 N–H and O–H groups in total. The molecule has 0 amide bonds. The fourth-order valence-electron chi connectivity index (χ4n) is 8.17. The van der Waals surface area contributed by atoms with Crippen LogP contribution in [0, 0.1) is 0 Å². The summed E-state index contributed by atoms with van der Waals surface area (Å²) in [5.41, 5.74) is 10.1. The molecule has 0 fully saturated rings. The summed E-state index contributed by atoms with van der Waals surface area (Å²) in [6.45, 7) is 0. The SMILES string of the molecule is c1cc2ccc3ccc(-c4ccc(-n5c6ccccc6c6cc(-c7cccc8c7oc7ccccc78)ccc65)cc4)c4ccc(c1)c2c34. The smallest absolute Gasteiger partial charge is 0.143 e. The monoisotopic (exact) mass is 609 g/mol. The molecule has 2 heteroatoms. The van der Waals surface area contributed by atoms with Gasteiger partial charge in [-0.05, 0) is 85.4 Å². The number of hydrogen-bond donors (Lipinski definition) is 0. The van der Waals surface area contributed by atoms with Crippen LogP contribution in [0.3, 0.4) is 0 Å². The molecule has 0 bridgehead atoms. The summed E-state index contributed by atoms with van der Waals surface area (Å²) in [4.78, 5) is 0. The van der Waals surface area contributed by atoms with E-state index in [-0.39, 0.29) is 0 Å². The first kappa shape index (κ1) is 25.8. The van der Waals surface area contributed by atoms with Gasteiger partial charge in [0, 0.05) is 32.8 Å². The number of para-hydroxylation sites is 3. The molecule has 0 unspecified atom stereocenters. The van der Waals surface area contributed by atoms with Crippen LogP contribution in [0.25, 0.3) is 104 Å². The first-order chi connectivity index (χ1) is 23.8. The van der Waals surface area contributed by atoms with Crippen molar-refractivity contribution in [1.29, 1.82) is 0 Å². The van der Waals surface area contributed by atoms with Gasteiger partial charge in [-0.25, -0.2) is 0 Å². The van der Waals surface area contributed by atoms with Crippen molar-refractivity contribution in [2.24, 2.45) is 0 Å². The Morgan fingerprint density at radius 1 is 0.375 bits per heavy atom. The highest BCUT2D eigenvalue weighted by Crippen LogP contribution is 2.41. The van der Waals surface area contributed by atoms with Crippen molar-refractivity contribution < 1.29 is 4.42 Å². The third-order valence-corrected chi connectivity index (χ3v) is 10.4. The Bertz CT molecular complexity index is 3030. The lowest BCUT2D eigenvalue weighted by molar-refractivity contribution is 0.670. The second kappa shape index (κ2) is 9.57. The number of furan rings is 1. The van der Waals surface area contributed by atoms with Crippen molar-refractivity contribution in [2.75, 3.05) is 0 Å². The van der Waals surface area contributed by atoms with Gasteiger partial charge in [0.15, 0.2) is 0 Å². The van der Waals surface area contributed by atoms with E-state index < -0.39 is 0 Å². The molecule has 9 aromatic carbocycles. The number of fused-ring (bicyclic) bond motifs is 6. The number of benzene rings is 9. The summed E-state index contributed by atoms with van der Waals surface area (Å²) >= 11 is 0. The van der Waals surface area contributed by atoms with Gasteiger partial charge in [0.2, 0.25) is 0 Å². The van der Waals surface area contributed by atoms with Crippen LogP contribution < -0.4 is 0 Å². The number of nitrogens with zero attached hydrogens (tertiary/aromatic N) is 1. The molecule has 0 atom stereocenters. The maximum absolute atomic E-state index is 6.41. The molecule has 11 aromatic rings. The van der Waals surface area contributed by atoms with Crippen molar-refractivity contribution in [3.05, 3.63) is 164 Å². The Morgan fingerprint density at radius 2 is 1.04 bits per heavy atom. The minimum atomic E-state index is 0.920. The molecule has 0 aliphatic carbocycles. The summed E-state index contributed by atoms with van der Waals surface area (Å²) in [7, 11) is 0. The molecule has 0 spiro atoms. The van der Waals surface area contributed by atoms with Crippen molar-refractivity contribution in [3.8, 4) is 27.9 Å². The van der Waals surface area contributed by atoms with Crippen LogP contribution in [-0.2, 0) is 0 Å². The van der Waals surface area contributed by atoms with Crippen LogP contribution >= 0.6 is 0 Å². The summed E-state index contributed by atoms with van der Waals surface area (Å²) in [5.74, 6) is 0. The summed E-state index contributed by atoms with van der Waals surface area (Å²) < 4.78 is 8.81. The molecule has 0 saturated carbocycles. The van der Waals surface area contributed by atoms with Crippen molar-refractivity contribution in [3.63, 3.8) is 0 Å². The summed E-state index contributed by atoms with van der Waals surface area (Å²) in [6.07, 6.45) is 0. The van der Waals surface area contributed by atoms with Crippen LogP contribution in [0.15, 0.2) is 168 Å². The van der Waals surface area contributed by atoms with Crippen LogP contribution in [0.2, 0.25) is 0 Å². The van der Waals surface area contributed by atoms with E-state index in [0.29, 0.717) is 0 Å². The van der Waals surface area contributed by atoms with Crippen LogP contribution in [-0.4, -0.2) is 4.57 Å². The fourth-order valence-corrected chi connectivity index (χ4v) is 8.17. The third kappa shape index (κ3) is 3.52. The van der Waals surface area contributed by atoms with E-state index >= 15 is 0 Å². The zero-order valence-corrected chi connectivity index (χ0v) is 25.9. The molecule has 0 radical (unpaired) electrons. The second-order valence-corrected chi connectivity index (χ2v) is 12.9. The molecule has 222 valence electrons. The Balaban J connectivity index is 1.07. The Labute approximate surface area is 276 Å². The zero-order chi connectivity index (χ0) is 31.3. The van der Waals surface area contributed by atoms with Gasteiger partial charge >= 0.3 is 0 Å². The van der Waals surface area contributed by atoms with Crippen molar-refractivity contribution in [1.82, 2.24) is 4.57 Å². The number of rotatable bonds is 3. The molecule has 48 heavy (non-hydrogen) atoms. The lowest BCUT2D eigenvalue weighted by atomic mass is 9.90. The average Bonchev–Trinajstić information content (AvgIpc) is 3.70. The molecule has 11 rings (SSSR count). The lowest BCUT2D eigenvalue weighted by Crippen LogP contribution is -1.94. The molecule has 2 aromatic heterocycles. The molecule has 0 aliphatic heterocycles. The predicted molar refractivity (Wildman–Crippen MR) is 203 cm³/mol. The lowest BCUT2D eigenvalue weighted by Gasteiger charge is -2.15. The normalized spacial score (nSPS) is 12.2. The van der Waals surface area contributed by atoms with Crippen molar-refractivity contribution >= 4 is 76.1 Å². The predicted octanol–water partition coefficient (Wildman–Crippen LogP) is 12.9. The quantitative estimate of drug-likeness (QED) is 0.182. The fraction of sp³-hybridized carbons (Fsp3) is 0. The molecular weight excluding hydrogens is 583 g/mol. The Kier molecular flexibility index (Phi) is 5.14. The van der Waals surface area contributed by atoms with Gasteiger partial charge < -0.3 is 8.98 Å². The van der Waals surface area contributed by atoms with Crippen LogP contribution in [0.5, 0.6) is 0 Å². The van der Waals surface area contributed by atoms with E-state index in [9.17, 15) is 0 Å². The first-order valence-corrected chi connectivity index (χ1v) is 16.5. The highest BCUT2D eigenvalue weighted by molar-refractivity contribution is 6.25. The van der Waals surface area contributed by atoms with E-state index in [1.807, 2.05) is 12.1 Å². The second-order valence-electron chi connectivity index (χ2n) is 12.9. The minimum absolute atomic E-state index is 0.920. The molecular formula is C46H27NO. The Hall–Kier alpha value is -6.38. The van der Waals surface area contributed by atoms with Gasteiger partial charge in [-0.1, -0.05) is 127 Å². The first-order valence-electron chi connectivity index (χ1n) is 16.5. The van der Waals surface area contributed by atoms with Crippen LogP contribution in [0.1, 0.15) is 0 Å². The minimum Gasteiger partial charge on any atom is -0.455 e. The molecule has 2 nitrogen and oxygen atoms in total. The molecule has 2 heterocycles. The van der Waals surface area contributed by atoms with E-state index in [0.717, 1.165) is 38.8 Å². The zero-order valence-electron chi connectivity index (χ0n) is 25.9. The topological polar surface area (TPSA) is 18.1 Å². The Morgan fingerprint density at radius 3 is 1.92 bits per heavy atom. The average molecular weight is 610 g/mol. The molecule has 0 aliphatic rings. The number of aromatic nitrogens is 1. The van der Waals surface area contributed by atoms with Gasteiger partial charge in [0.25, 0.3) is 0 Å².